The van der Waals surface area contributed by atoms with Gasteiger partial charge in [0.1, 0.15) is 5.75 Å². The molecule has 0 spiro atoms. The van der Waals surface area contributed by atoms with Gasteiger partial charge in [0.25, 0.3) is 11.8 Å². The lowest BCUT2D eigenvalue weighted by molar-refractivity contribution is -0.137. The van der Waals surface area contributed by atoms with Crippen molar-refractivity contribution < 1.29 is 27.5 Å². The van der Waals surface area contributed by atoms with Crippen molar-refractivity contribution in [1.29, 1.82) is 0 Å². The minimum Gasteiger partial charge on any atom is -0.483 e. The third-order valence-electron chi connectivity index (χ3n) is 4.43. The Balaban J connectivity index is 1.74. The molecule has 0 aliphatic rings. The average molecular weight is 408 g/mol. The van der Waals surface area contributed by atoms with E-state index in [-0.39, 0.29) is 31.2 Å². The molecular formula is C21H23F3N2O3. The van der Waals surface area contributed by atoms with Gasteiger partial charge in [0.2, 0.25) is 0 Å². The predicted octanol–water partition coefficient (Wildman–Crippen LogP) is 3.56. The van der Waals surface area contributed by atoms with Crippen LogP contribution >= 0.6 is 0 Å². The molecule has 29 heavy (non-hydrogen) atoms. The Kier molecular flexibility index (Phi) is 7.25. The monoisotopic (exact) mass is 408 g/mol. The van der Waals surface area contributed by atoms with Crippen molar-refractivity contribution in [3.05, 3.63) is 64.2 Å². The van der Waals surface area contributed by atoms with Gasteiger partial charge in [0.15, 0.2) is 6.61 Å². The van der Waals surface area contributed by atoms with Crippen LogP contribution in [0.5, 0.6) is 5.75 Å². The van der Waals surface area contributed by atoms with E-state index in [0.717, 1.165) is 41.0 Å². The largest absolute Gasteiger partial charge is 0.483 e. The van der Waals surface area contributed by atoms with Gasteiger partial charge in [-0.1, -0.05) is 12.1 Å². The minimum absolute atomic E-state index is 0.109. The third kappa shape index (κ3) is 6.23. The SMILES string of the molecule is Cc1ccc(C)c(OCC(=O)NCCNC(=O)c2ccc(C(F)(F)F)cc2)c1C. The number of carbonyl (C=O) groups excluding carboxylic acids is 2. The molecule has 0 bridgehead atoms. The Bertz CT molecular complexity index is 878. The van der Waals surface area contributed by atoms with Gasteiger partial charge in [-0.05, 0) is 61.7 Å². The summed E-state index contributed by atoms with van der Waals surface area (Å²) in [4.78, 5) is 23.9. The number of aryl methyl sites for hydroxylation is 2. The fourth-order valence-corrected chi connectivity index (χ4v) is 2.63. The van der Waals surface area contributed by atoms with Gasteiger partial charge < -0.3 is 15.4 Å². The highest BCUT2D eigenvalue weighted by Gasteiger charge is 2.30. The van der Waals surface area contributed by atoms with Crippen LogP contribution in [0.2, 0.25) is 0 Å². The molecule has 0 fully saturated rings. The summed E-state index contributed by atoms with van der Waals surface area (Å²) in [5.41, 5.74) is 2.27. The van der Waals surface area contributed by atoms with Gasteiger partial charge in [-0.3, -0.25) is 9.59 Å². The van der Waals surface area contributed by atoms with Crippen molar-refractivity contribution in [2.75, 3.05) is 19.7 Å². The van der Waals surface area contributed by atoms with Gasteiger partial charge >= 0.3 is 6.18 Å². The zero-order chi connectivity index (χ0) is 21.6. The summed E-state index contributed by atoms with van der Waals surface area (Å²) in [6.45, 7) is 5.93. The van der Waals surface area contributed by atoms with Crippen molar-refractivity contribution in [3.63, 3.8) is 0 Å². The van der Waals surface area contributed by atoms with Gasteiger partial charge in [0.05, 0.1) is 5.56 Å². The summed E-state index contributed by atoms with van der Waals surface area (Å²) in [7, 11) is 0. The van der Waals surface area contributed by atoms with Crippen LogP contribution in [0.3, 0.4) is 0 Å². The lowest BCUT2D eigenvalue weighted by Gasteiger charge is -2.14. The maximum atomic E-state index is 12.5. The molecule has 0 aliphatic carbocycles. The summed E-state index contributed by atoms with van der Waals surface area (Å²) in [6.07, 6.45) is -4.45. The Morgan fingerprint density at radius 2 is 1.48 bits per heavy atom. The molecule has 0 unspecified atom stereocenters. The van der Waals surface area contributed by atoms with Crippen molar-refractivity contribution in [2.24, 2.45) is 0 Å². The molecule has 2 amide bonds. The maximum Gasteiger partial charge on any atom is 0.416 e. The van der Waals surface area contributed by atoms with Crippen LogP contribution in [-0.4, -0.2) is 31.5 Å². The molecule has 8 heteroatoms. The number of hydrogen-bond acceptors (Lipinski definition) is 3. The first-order chi connectivity index (χ1) is 13.6. The molecule has 0 atom stereocenters. The zero-order valence-electron chi connectivity index (χ0n) is 16.4. The highest BCUT2D eigenvalue weighted by molar-refractivity contribution is 5.94. The van der Waals surface area contributed by atoms with E-state index in [2.05, 4.69) is 10.6 Å². The fraction of sp³-hybridized carbons (Fsp3) is 0.333. The molecule has 0 saturated heterocycles. The second-order valence-electron chi connectivity index (χ2n) is 6.62. The van der Waals surface area contributed by atoms with Crippen LogP contribution in [0.4, 0.5) is 13.2 Å². The van der Waals surface area contributed by atoms with Crippen molar-refractivity contribution >= 4 is 11.8 Å². The van der Waals surface area contributed by atoms with Crippen LogP contribution in [0.25, 0.3) is 0 Å². The van der Waals surface area contributed by atoms with E-state index in [1.54, 1.807) is 0 Å². The number of hydrogen-bond donors (Lipinski definition) is 2. The summed E-state index contributed by atoms with van der Waals surface area (Å²) >= 11 is 0. The minimum atomic E-state index is -4.45. The number of amides is 2. The van der Waals surface area contributed by atoms with Gasteiger partial charge in [-0.2, -0.15) is 13.2 Å². The Hall–Kier alpha value is -3.03. The first-order valence-electron chi connectivity index (χ1n) is 9.01. The van der Waals surface area contributed by atoms with E-state index in [1.807, 2.05) is 32.9 Å². The molecule has 156 valence electrons. The molecule has 2 aromatic rings. The van der Waals surface area contributed by atoms with Crippen LogP contribution in [0, 0.1) is 20.8 Å². The number of halogens is 3. The number of alkyl halides is 3. The Morgan fingerprint density at radius 3 is 2.10 bits per heavy atom. The standard InChI is InChI=1S/C21H23F3N2O3/c1-13-4-5-14(2)19(15(13)3)29-12-18(27)25-10-11-26-20(28)16-6-8-17(9-7-16)21(22,23)24/h4-9H,10-12H2,1-3H3,(H,25,27)(H,26,28). The molecule has 0 radical (unpaired) electrons. The highest BCUT2D eigenvalue weighted by Crippen LogP contribution is 2.29. The van der Waals surface area contributed by atoms with E-state index in [0.29, 0.717) is 5.75 Å². The van der Waals surface area contributed by atoms with E-state index < -0.39 is 17.6 Å². The molecular weight excluding hydrogens is 385 g/mol. The van der Waals surface area contributed by atoms with Crippen molar-refractivity contribution in [1.82, 2.24) is 10.6 Å². The molecule has 2 aromatic carbocycles. The number of nitrogens with one attached hydrogen (secondary N) is 2. The average Bonchev–Trinajstić information content (AvgIpc) is 2.67. The normalized spacial score (nSPS) is 11.1. The molecule has 2 N–H and O–H groups in total. The molecule has 2 rings (SSSR count). The second kappa shape index (κ2) is 9.45. The maximum absolute atomic E-state index is 12.5. The number of ether oxygens (including phenoxy) is 1. The molecule has 0 heterocycles. The Morgan fingerprint density at radius 1 is 0.897 bits per heavy atom. The smallest absolute Gasteiger partial charge is 0.416 e. The van der Waals surface area contributed by atoms with Crippen LogP contribution < -0.4 is 15.4 Å². The summed E-state index contributed by atoms with van der Waals surface area (Å²) in [5.74, 6) is -0.180. The van der Waals surface area contributed by atoms with Crippen molar-refractivity contribution in [3.8, 4) is 5.75 Å². The molecule has 0 aromatic heterocycles. The van der Waals surface area contributed by atoms with E-state index in [9.17, 15) is 22.8 Å². The summed E-state index contributed by atoms with van der Waals surface area (Å²) < 4.78 is 43.2. The number of benzene rings is 2. The van der Waals surface area contributed by atoms with E-state index in [1.165, 1.54) is 0 Å². The first-order valence-corrected chi connectivity index (χ1v) is 9.01. The number of carbonyl (C=O) groups is 2. The summed E-state index contributed by atoms with van der Waals surface area (Å²) in [6, 6.07) is 7.82. The lowest BCUT2D eigenvalue weighted by Crippen LogP contribution is -2.36. The molecule has 0 saturated carbocycles. The van der Waals surface area contributed by atoms with Gasteiger partial charge in [-0.15, -0.1) is 0 Å². The third-order valence-corrected chi connectivity index (χ3v) is 4.43. The predicted molar refractivity (Wildman–Crippen MR) is 103 cm³/mol. The topological polar surface area (TPSA) is 67.4 Å². The molecule has 0 aliphatic heterocycles. The van der Waals surface area contributed by atoms with Gasteiger partial charge in [-0.25, -0.2) is 0 Å². The van der Waals surface area contributed by atoms with E-state index >= 15 is 0 Å². The Labute approximate surface area is 167 Å². The van der Waals surface area contributed by atoms with Crippen molar-refractivity contribution in [2.45, 2.75) is 26.9 Å². The van der Waals surface area contributed by atoms with Crippen LogP contribution in [-0.2, 0) is 11.0 Å². The molecule has 5 nitrogen and oxygen atoms in total. The highest BCUT2D eigenvalue weighted by atomic mass is 19.4. The second-order valence-corrected chi connectivity index (χ2v) is 6.62. The quantitative estimate of drug-likeness (QED) is 0.689. The van der Waals surface area contributed by atoms with Crippen LogP contribution in [0.15, 0.2) is 36.4 Å². The lowest BCUT2D eigenvalue weighted by atomic mass is 10.1. The number of rotatable bonds is 7. The van der Waals surface area contributed by atoms with Crippen LogP contribution in [0.1, 0.15) is 32.6 Å². The van der Waals surface area contributed by atoms with Gasteiger partial charge in [0, 0.05) is 18.7 Å². The van der Waals surface area contributed by atoms with E-state index in [4.69, 9.17) is 4.74 Å². The zero-order valence-corrected chi connectivity index (χ0v) is 16.4. The fourth-order valence-electron chi connectivity index (χ4n) is 2.63. The summed E-state index contributed by atoms with van der Waals surface area (Å²) in [5, 5.41) is 5.15. The first kappa shape index (κ1) is 22.3.